The zero-order chi connectivity index (χ0) is 13.6. The number of hydrogen-bond donors (Lipinski definition) is 2. The highest BCUT2D eigenvalue weighted by molar-refractivity contribution is 5.87. The minimum atomic E-state index is -0.899. The van der Waals surface area contributed by atoms with Crippen molar-refractivity contribution in [3.05, 3.63) is 0 Å². The molecule has 0 rings (SSSR count). The van der Waals surface area contributed by atoms with Gasteiger partial charge in [0.1, 0.15) is 5.78 Å². The van der Waals surface area contributed by atoms with E-state index in [4.69, 9.17) is 10.8 Å². The number of Topliss-reactive ketones (excluding diaryl/α,β-unsaturated/α-hetero) is 1. The number of nitrogens with two attached hydrogens (primary N) is 1. The highest BCUT2D eigenvalue weighted by Gasteiger charge is 2.25. The molecule has 0 aromatic rings. The van der Waals surface area contributed by atoms with Crippen molar-refractivity contribution in [1.29, 1.82) is 0 Å². The van der Waals surface area contributed by atoms with Crippen LogP contribution in [0.5, 0.6) is 0 Å². The first-order valence-corrected chi connectivity index (χ1v) is 6.25. The van der Waals surface area contributed by atoms with Crippen LogP contribution in [0.15, 0.2) is 0 Å². The maximum absolute atomic E-state index is 11.8. The molecule has 2 atom stereocenters. The second-order valence-corrected chi connectivity index (χ2v) is 5.57. The highest BCUT2D eigenvalue weighted by atomic mass is 16.4. The van der Waals surface area contributed by atoms with Crippen molar-refractivity contribution >= 4 is 11.8 Å². The zero-order valence-corrected chi connectivity index (χ0v) is 11.3. The fourth-order valence-electron chi connectivity index (χ4n) is 1.87. The Balaban J connectivity index is 4.35. The standard InChI is InChI=1S/C13H25NO3/c1-8(2)5-10(13(16)17)7-12(15)11(14)6-9(3)4/h8-11H,5-7,14H2,1-4H3,(H,16,17)/t10-,11+/m1/s1. The molecule has 0 saturated carbocycles. The van der Waals surface area contributed by atoms with E-state index in [2.05, 4.69) is 0 Å². The van der Waals surface area contributed by atoms with Gasteiger partial charge in [0.15, 0.2) is 0 Å². The van der Waals surface area contributed by atoms with Gasteiger partial charge < -0.3 is 10.8 Å². The SMILES string of the molecule is CC(C)C[C@H](CC(=O)[C@@H](N)CC(C)C)C(=O)O. The summed E-state index contributed by atoms with van der Waals surface area (Å²) in [6, 6.07) is -0.524. The summed E-state index contributed by atoms with van der Waals surface area (Å²) >= 11 is 0. The van der Waals surface area contributed by atoms with Gasteiger partial charge in [0.2, 0.25) is 0 Å². The Morgan fingerprint density at radius 2 is 1.53 bits per heavy atom. The molecule has 0 aromatic carbocycles. The van der Waals surface area contributed by atoms with Crippen molar-refractivity contribution in [2.24, 2.45) is 23.5 Å². The van der Waals surface area contributed by atoms with E-state index in [0.717, 1.165) is 0 Å². The molecule has 0 bridgehead atoms. The molecule has 0 amide bonds. The maximum atomic E-state index is 11.8. The monoisotopic (exact) mass is 243 g/mol. The lowest BCUT2D eigenvalue weighted by Crippen LogP contribution is -2.34. The van der Waals surface area contributed by atoms with Crippen LogP contribution in [0.1, 0.15) is 47.0 Å². The molecular formula is C13H25NO3. The molecular weight excluding hydrogens is 218 g/mol. The number of carboxylic acids is 1. The van der Waals surface area contributed by atoms with Gasteiger partial charge in [-0.3, -0.25) is 9.59 Å². The lowest BCUT2D eigenvalue weighted by atomic mass is 9.89. The van der Waals surface area contributed by atoms with Gasteiger partial charge in [-0.05, 0) is 24.7 Å². The van der Waals surface area contributed by atoms with Crippen LogP contribution in [-0.2, 0) is 9.59 Å². The van der Waals surface area contributed by atoms with Crippen LogP contribution < -0.4 is 5.73 Å². The van der Waals surface area contributed by atoms with Crippen molar-refractivity contribution in [1.82, 2.24) is 0 Å². The molecule has 100 valence electrons. The first-order chi connectivity index (χ1) is 7.73. The molecule has 0 aliphatic carbocycles. The van der Waals surface area contributed by atoms with Gasteiger partial charge in [-0.1, -0.05) is 27.7 Å². The minimum Gasteiger partial charge on any atom is -0.481 e. The third-order valence-corrected chi connectivity index (χ3v) is 2.69. The average molecular weight is 243 g/mol. The van der Waals surface area contributed by atoms with Crippen molar-refractivity contribution < 1.29 is 14.7 Å². The van der Waals surface area contributed by atoms with E-state index < -0.39 is 17.9 Å². The molecule has 0 radical (unpaired) electrons. The van der Waals surface area contributed by atoms with E-state index in [1.807, 2.05) is 27.7 Å². The predicted octanol–water partition coefficient (Wildman–Crippen LogP) is 2.07. The number of rotatable bonds is 8. The maximum Gasteiger partial charge on any atom is 0.306 e. The number of carboxylic acid groups (broad SMARTS) is 1. The summed E-state index contributed by atoms with van der Waals surface area (Å²) in [5.41, 5.74) is 5.75. The first kappa shape index (κ1) is 16.1. The van der Waals surface area contributed by atoms with Crippen LogP contribution in [0.4, 0.5) is 0 Å². The van der Waals surface area contributed by atoms with Crippen molar-refractivity contribution in [2.75, 3.05) is 0 Å². The Labute approximate surface area is 104 Å². The van der Waals surface area contributed by atoms with Crippen LogP contribution in [0.3, 0.4) is 0 Å². The molecule has 4 nitrogen and oxygen atoms in total. The minimum absolute atomic E-state index is 0.0569. The second kappa shape index (κ2) is 7.43. The lowest BCUT2D eigenvalue weighted by molar-refractivity contribution is -0.144. The van der Waals surface area contributed by atoms with Gasteiger partial charge in [0, 0.05) is 6.42 Å². The number of ketones is 1. The first-order valence-electron chi connectivity index (χ1n) is 6.25. The van der Waals surface area contributed by atoms with Crippen LogP contribution in [0.25, 0.3) is 0 Å². The Morgan fingerprint density at radius 1 is 1.06 bits per heavy atom. The summed E-state index contributed by atoms with van der Waals surface area (Å²) in [6.45, 7) is 7.90. The Bertz CT molecular complexity index is 261. The third-order valence-electron chi connectivity index (χ3n) is 2.69. The molecule has 0 fully saturated rings. The molecule has 3 N–H and O–H groups in total. The summed E-state index contributed by atoms with van der Waals surface area (Å²) in [6.07, 6.45) is 1.20. The number of aliphatic carboxylic acids is 1. The van der Waals surface area contributed by atoms with E-state index in [0.29, 0.717) is 18.8 Å². The topological polar surface area (TPSA) is 80.4 Å². The van der Waals surface area contributed by atoms with E-state index >= 15 is 0 Å². The molecule has 0 heterocycles. The molecule has 0 spiro atoms. The van der Waals surface area contributed by atoms with Gasteiger partial charge in [0.05, 0.1) is 12.0 Å². The summed E-state index contributed by atoms with van der Waals surface area (Å²) in [4.78, 5) is 22.8. The van der Waals surface area contributed by atoms with Crippen molar-refractivity contribution in [3.8, 4) is 0 Å². The average Bonchev–Trinajstić information content (AvgIpc) is 2.14. The van der Waals surface area contributed by atoms with Crippen molar-refractivity contribution in [2.45, 2.75) is 53.0 Å². The van der Waals surface area contributed by atoms with Gasteiger partial charge >= 0.3 is 5.97 Å². The normalized spacial score (nSPS) is 15.0. The Morgan fingerprint density at radius 3 is 1.88 bits per heavy atom. The van der Waals surface area contributed by atoms with E-state index in [1.54, 1.807) is 0 Å². The van der Waals surface area contributed by atoms with Crippen LogP contribution in [-0.4, -0.2) is 22.9 Å². The summed E-state index contributed by atoms with van der Waals surface area (Å²) < 4.78 is 0. The lowest BCUT2D eigenvalue weighted by Gasteiger charge is -2.17. The smallest absolute Gasteiger partial charge is 0.306 e. The Kier molecular flexibility index (Phi) is 7.04. The fourth-order valence-corrected chi connectivity index (χ4v) is 1.87. The molecule has 0 aromatic heterocycles. The van der Waals surface area contributed by atoms with Gasteiger partial charge in [-0.2, -0.15) is 0 Å². The fraction of sp³-hybridized carbons (Fsp3) is 0.846. The summed E-state index contributed by atoms with van der Waals surface area (Å²) in [5, 5.41) is 9.04. The largest absolute Gasteiger partial charge is 0.481 e. The van der Waals surface area contributed by atoms with E-state index in [9.17, 15) is 9.59 Å². The molecule has 0 aliphatic heterocycles. The van der Waals surface area contributed by atoms with Crippen molar-refractivity contribution in [3.63, 3.8) is 0 Å². The van der Waals surface area contributed by atoms with Gasteiger partial charge in [-0.25, -0.2) is 0 Å². The van der Waals surface area contributed by atoms with E-state index in [1.165, 1.54) is 0 Å². The highest BCUT2D eigenvalue weighted by Crippen LogP contribution is 2.18. The summed E-state index contributed by atoms with van der Waals surface area (Å²) in [7, 11) is 0. The van der Waals surface area contributed by atoms with Gasteiger partial charge in [0.25, 0.3) is 0 Å². The zero-order valence-electron chi connectivity index (χ0n) is 11.3. The van der Waals surface area contributed by atoms with Crippen LogP contribution >= 0.6 is 0 Å². The van der Waals surface area contributed by atoms with E-state index in [-0.39, 0.29) is 18.1 Å². The molecule has 0 aliphatic rings. The second-order valence-electron chi connectivity index (χ2n) is 5.57. The quantitative estimate of drug-likeness (QED) is 0.684. The number of carbonyl (C=O) groups is 2. The summed E-state index contributed by atoms with van der Waals surface area (Å²) in [5.74, 6) is -1.01. The van der Waals surface area contributed by atoms with Crippen LogP contribution in [0, 0.1) is 17.8 Å². The Hall–Kier alpha value is -0.900. The molecule has 0 unspecified atom stereocenters. The predicted molar refractivity (Wildman–Crippen MR) is 67.6 cm³/mol. The molecule has 17 heavy (non-hydrogen) atoms. The molecule has 0 saturated heterocycles. The number of carbonyl (C=O) groups excluding carboxylic acids is 1. The van der Waals surface area contributed by atoms with Crippen LogP contribution in [0.2, 0.25) is 0 Å². The van der Waals surface area contributed by atoms with Gasteiger partial charge in [-0.15, -0.1) is 0 Å². The third kappa shape index (κ3) is 7.10. The molecule has 4 heteroatoms. The number of hydrogen-bond acceptors (Lipinski definition) is 3.